The maximum Gasteiger partial charge on any atom is 0.154 e. The Kier molecular flexibility index (Phi) is 9.41. The highest BCUT2D eigenvalue weighted by Gasteiger charge is 2.31. The zero-order chi connectivity index (χ0) is 60.6. The van der Waals surface area contributed by atoms with Crippen molar-refractivity contribution in [2.45, 2.75) is 0 Å². The number of nitrogens with two attached hydrogens (primary N) is 2. The summed E-state index contributed by atoms with van der Waals surface area (Å²) >= 11 is 0. The molecule has 10 heteroatoms. The summed E-state index contributed by atoms with van der Waals surface area (Å²) < 4.78 is 128. The summed E-state index contributed by atoms with van der Waals surface area (Å²) in [6, 6.07) is 42.3. The zero-order valence-corrected chi connectivity index (χ0v) is 39.7. The maximum atomic E-state index is 18.1. The number of rotatable bonds is 12. The fourth-order valence-electron chi connectivity index (χ4n) is 10.3. The van der Waals surface area contributed by atoms with Crippen LogP contribution in [-0.4, -0.2) is 0 Å². The van der Waals surface area contributed by atoms with E-state index < -0.39 is 83.4 Å². The highest BCUT2D eigenvalue weighted by atomic mass is 19.1. The molecule has 0 heterocycles. The van der Waals surface area contributed by atoms with E-state index in [0.29, 0.717) is 49.0 Å². The molecule has 0 aromatic heterocycles. The van der Waals surface area contributed by atoms with Crippen molar-refractivity contribution in [3.8, 4) is 68.1 Å². The number of benzene rings is 12. The lowest BCUT2D eigenvalue weighted by Crippen LogP contribution is -2.15. The molecule has 0 saturated carbocycles. The summed E-state index contributed by atoms with van der Waals surface area (Å²) in [5, 5.41) is 23.9. The van der Waals surface area contributed by atoms with Gasteiger partial charge in [0.2, 0.25) is 0 Å². The molecule has 0 bridgehead atoms. The van der Waals surface area contributed by atoms with Gasteiger partial charge >= 0.3 is 0 Å². The second kappa shape index (κ2) is 19.6. The van der Waals surface area contributed by atoms with Gasteiger partial charge in [-0.05, 0) is 105 Å². The van der Waals surface area contributed by atoms with Gasteiger partial charge in [0, 0.05) is 55.5 Å². The molecule has 76 heavy (non-hydrogen) atoms. The van der Waals surface area contributed by atoms with Crippen LogP contribution < -0.4 is 31.3 Å². The van der Waals surface area contributed by atoms with Gasteiger partial charge in [0.25, 0.3) is 0 Å². The second-order valence-electron chi connectivity index (χ2n) is 17.4. The Labute approximate surface area is 450 Å². The van der Waals surface area contributed by atoms with Crippen molar-refractivity contribution in [2.75, 3.05) is 9.80 Å². The molecule has 0 atom stereocenters. The zero-order valence-electron chi connectivity index (χ0n) is 49.7. The van der Waals surface area contributed by atoms with Gasteiger partial charge < -0.3 is 19.5 Å². The number of para-hydroxylation sites is 4. The van der Waals surface area contributed by atoms with Gasteiger partial charge in [0.05, 0.1) is 59.7 Å². The van der Waals surface area contributed by atoms with Gasteiger partial charge in [-0.15, -0.1) is 0 Å². The second-order valence-corrected chi connectivity index (χ2v) is 17.4. The molecule has 0 radical (unpaired) electrons. The molecule has 0 aliphatic rings. The molecule has 362 valence electrons. The molecule has 0 saturated heterocycles. The number of halogens is 2. The molecule has 0 spiro atoms. The third-order valence-corrected chi connectivity index (χ3v) is 13.5. The van der Waals surface area contributed by atoms with E-state index in [2.05, 4.69) is 12.1 Å². The van der Waals surface area contributed by atoms with Crippen molar-refractivity contribution in [3.63, 3.8) is 0 Å². The molecule has 8 nitrogen and oxygen atoms in total. The van der Waals surface area contributed by atoms with Crippen LogP contribution in [0.3, 0.4) is 0 Å². The number of hydrogen-bond donors (Lipinski definition) is 2. The standard InChI is InChI=1S/C66H42F2N6O2/c67-55-35-33-50(47-21-9-7-15-43(47)39-69)63(48-22-10-8-16-44(48)40-70)65(55)73(45-17-3-1-4-18-45)57-37-29-41-28-32-53-58(38-30-42-27-31-52(57)61(41)62(42)53)74(46-19-5-2-6-20-46)66-56(68)36-34-51(49-23-11-13-25-59(49)75-71)64(66)54-24-12-14-26-60(54)76-72/h1-38H,71-72H2/i1D,2D,3D,4D,5D,6D,17D,18D,19D,20D. The molecule has 0 unspecified atom stereocenters. The molecule has 0 aliphatic heterocycles. The Morgan fingerprint density at radius 3 is 1.30 bits per heavy atom. The topological polar surface area (TPSA) is 125 Å². The fourth-order valence-corrected chi connectivity index (χ4v) is 10.3. The Hall–Kier alpha value is -10.4. The molecule has 12 aromatic carbocycles. The number of hydrogen-bond acceptors (Lipinski definition) is 8. The Morgan fingerprint density at radius 1 is 0.408 bits per heavy atom. The first-order valence-electron chi connectivity index (χ1n) is 28.6. The van der Waals surface area contributed by atoms with E-state index in [1.807, 2.05) is 0 Å². The van der Waals surface area contributed by atoms with Crippen LogP contribution in [0.5, 0.6) is 11.5 Å². The lowest BCUT2D eigenvalue weighted by molar-refractivity contribution is 0.335. The van der Waals surface area contributed by atoms with E-state index >= 15 is 8.78 Å². The van der Waals surface area contributed by atoms with Crippen LogP contribution in [-0.2, 0) is 0 Å². The molecule has 0 fully saturated rings. The summed E-state index contributed by atoms with van der Waals surface area (Å²) in [6.45, 7) is 0. The van der Waals surface area contributed by atoms with Gasteiger partial charge in [-0.25, -0.2) is 8.78 Å². The van der Waals surface area contributed by atoms with Crippen LogP contribution in [0, 0.1) is 34.3 Å². The molecule has 0 amide bonds. The molecule has 0 aliphatic carbocycles. The Balaban J connectivity index is 1.24. The van der Waals surface area contributed by atoms with Crippen molar-refractivity contribution < 1.29 is 32.2 Å². The van der Waals surface area contributed by atoms with Gasteiger partial charge in [-0.3, -0.25) is 0 Å². The van der Waals surface area contributed by atoms with Crippen molar-refractivity contribution in [2.24, 2.45) is 11.8 Å². The van der Waals surface area contributed by atoms with E-state index in [4.69, 9.17) is 29.7 Å². The molecular weight excluding hydrogens is 947 g/mol. The number of anilines is 6. The van der Waals surface area contributed by atoms with Crippen molar-refractivity contribution in [1.82, 2.24) is 0 Å². The average Bonchev–Trinajstić information content (AvgIpc) is 0.823. The third kappa shape index (κ3) is 7.74. The van der Waals surface area contributed by atoms with Crippen LogP contribution in [0.25, 0.3) is 76.8 Å². The lowest BCUT2D eigenvalue weighted by Gasteiger charge is -2.32. The molecule has 12 rings (SSSR count). The number of nitrogens with zero attached hydrogens (tertiary/aromatic N) is 4. The normalized spacial score (nSPS) is 13.0. The smallest absolute Gasteiger partial charge is 0.154 e. The lowest BCUT2D eigenvalue weighted by atomic mass is 9.87. The van der Waals surface area contributed by atoms with Gasteiger partial charge in [0.15, 0.2) is 11.5 Å². The Morgan fingerprint density at radius 2 is 0.803 bits per heavy atom. The number of nitriles is 2. The quantitative estimate of drug-likeness (QED) is 0.0916. The molecule has 12 aromatic rings. The summed E-state index contributed by atoms with van der Waals surface area (Å²) in [6.07, 6.45) is 0. The van der Waals surface area contributed by atoms with Crippen molar-refractivity contribution in [1.29, 1.82) is 10.5 Å². The van der Waals surface area contributed by atoms with E-state index in [9.17, 15) is 16.0 Å². The van der Waals surface area contributed by atoms with E-state index in [-0.39, 0.29) is 73.2 Å². The van der Waals surface area contributed by atoms with E-state index in [0.717, 1.165) is 6.07 Å². The minimum atomic E-state index is -0.942. The van der Waals surface area contributed by atoms with E-state index in [1.165, 1.54) is 34.1 Å². The van der Waals surface area contributed by atoms with Crippen LogP contribution in [0.4, 0.5) is 42.9 Å². The van der Waals surface area contributed by atoms with Crippen molar-refractivity contribution >= 4 is 66.4 Å². The van der Waals surface area contributed by atoms with E-state index in [1.54, 1.807) is 140 Å². The highest BCUT2D eigenvalue weighted by Crippen LogP contribution is 2.54. The summed E-state index contributed by atoms with van der Waals surface area (Å²) in [5.41, 5.74) is 0.648. The average molecular weight is 999 g/mol. The predicted molar refractivity (Wildman–Crippen MR) is 300 cm³/mol. The molecule has 4 N–H and O–H groups in total. The first kappa shape index (κ1) is 36.5. The van der Waals surface area contributed by atoms with Crippen LogP contribution in [0.2, 0.25) is 0 Å². The highest BCUT2D eigenvalue weighted by molar-refractivity contribution is 6.28. The molecular formula is C66H42F2N6O2. The third-order valence-electron chi connectivity index (χ3n) is 13.5. The maximum absolute atomic E-state index is 18.1. The Bertz CT molecular complexity index is 4860. The SMILES string of the molecule is [2H]c1c([2H])c([2H])c(N(c2c(F)ccc(-c3ccccc3C#N)c2-c2ccccc2C#N)c2ccc3ccc4c(N(c5c([2H])c([2H])c([2H])c([2H])c5[2H])c5c(F)ccc(-c6ccccc6ON)c5-c5ccccc5ON)ccc5ccc2c3c54)c([2H])c1[2H]. The fraction of sp³-hybridized carbons (Fsp3) is 0. The first-order valence-corrected chi connectivity index (χ1v) is 23.6. The van der Waals surface area contributed by atoms with Crippen LogP contribution in [0.1, 0.15) is 24.8 Å². The summed E-state index contributed by atoms with van der Waals surface area (Å²) in [5.74, 6) is 10.2. The predicted octanol–water partition coefficient (Wildman–Crippen LogP) is 16.7. The van der Waals surface area contributed by atoms with Gasteiger partial charge in [0.1, 0.15) is 11.6 Å². The van der Waals surface area contributed by atoms with Crippen LogP contribution >= 0.6 is 0 Å². The van der Waals surface area contributed by atoms with Gasteiger partial charge in [-0.2, -0.15) is 22.3 Å². The minimum Gasteiger partial charge on any atom is -0.411 e. The van der Waals surface area contributed by atoms with Gasteiger partial charge in [-0.1, -0.05) is 158 Å². The summed E-state index contributed by atoms with van der Waals surface area (Å²) in [4.78, 5) is 13.3. The summed E-state index contributed by atoms with van der Waals surface area (Å²) in [7, 11) is 0. The minimum absolute atomic E-state index is 0.0428. The van der Waals surface area contributed by atoms with Crippen molar-refractivity contribution in [3.05, 3.63) is 253 Å². The first-order chi connectivity index (χ1) is 41.6. The largest absolute Gasteiger partial charge is 0.411 e. The monoisotopic (exact) mass is 998 g/mol. The van der Waals surface area contributed by atoms with Crippen LogP contribution in [0.15, 0.2) is 230 Å².